The average molecular weight is 533 g/mol. The first-order valence-corrected chi connectivity index (χ1v) is 11.1. The van der Waals surface area contributed by atoms with E-state index in [0.29, 0.717) is 16.1 Å². The standard InChI is InChI=1S/C19H17BrN4O3.C5H12O.CH4/c1-11-2-4-12(5-3-11)10-22-18(26)14-8-13-9-15(20)16(21)23-17(13)24(6-7-25)19(14)27;1-5(2,3)6-4;/h2-5,7-9H,6,10H2,1H3,(H2,21,23)(H,22,26);1-4H3;1H4. The molecule has 8 nitrogen and oxygen atoms in total. The van der Waals surface area contributed by atoms with E-state index >= 15 is 0 Å². The Morgan fingerprint density at radius 3 is 2.35 bits per heavy atom. The molecule has 0 unspecified atom stereocenters. The van der Waals surface area contributed by atoms with Gasteiger partial charge in [0.1, 0.15) is 23.3 Å². The Bertz CT molecular complexity index is 1200. The summed E-state index contributed by atoms with van der Waals surface area (Å²) in [6, 6.07) is 10.8. The highest BCUT2D eigenvalue weighted by atomic mass is 79.9. The van der Waals surface area contributed by atoms with E-state index in [4.69, 9.17) is 10.5 Å². The number of rotatable bonds is 5. The quantitative estimate of drug-likeness (QED) is 0.474. The number of halogens is 1. The van der Waals surface area contributed by atoms with Gasteiger partial charge in [-0.3, -0.25) is 14.2 Å². The molecule has 34 heavy (non-hydrogen) atoms. The molecule has 2 aromatic heterocycles. The van der Waals surface area contributed by atoms with Crippen molar-refractivity contribution in [2.24, 2.45) is 0 Å². The van der Waals surface area contributed by atoms with Gasteiger partial charge in [0.05, 0.1) is 16.6 Å². The molecular weight excluding hydrogens is 500 g/mol. The molecule has 0 aliphatic carbocycles. The highest BCUT2D eigenvalue weighted by Crippen LogP contribution is 2.23. The van der Waals surface area contributed by atoms with Crippen LogP contribution < -0.4 is 16.6 Å². The molecule has 0 saturated heterocycles. The maximum absolute atomic E-state index is 12.7. The molecular formula is C25H33BrN4O4. The van der Waals surface area contributed by atoms with E-state index in [-0.39, 0.29) is 43.1 Å². The minimum Gasteiger partial charge on any atom is -0.383 e. The van der Waals surface area contributed by atoms with Gasteiger partial charge >= 0.3 is 0 Å². The predicted octanol–water partition coefficient (Wildman–Crippen LogP) is 4.25. The number of nitrogens with two attached hydrogens (primary N) is 1. The second-order valence-electron chi connectivity index (χ2n) is 8.39. The number of aldehydes is 1. The van der Waals surface area contributed by atoms with Gasteiger partial charge in [-0.25, -0.2) is 4.98 Å². The monoisotopic (exact) mass is 532 g/mol. The molecule has 0 spiro atoms. The smallest absolute Gasteiger partial charge is 0.265 e. The second kappa shape index (κ2) is 12.4. The molecule has 9 heteroatoms. The highest BCUT2D eigenvalue weighted by Gasteiger charge is 2.17. The number of nitrogens with zero attached hydrogens (tertiary/aromatic N) is 2. The summed E-state index contributed by atoms with van der Waals surface area (Å²) in [7, 11) is 1.71. The number of carbonyl (C=O) groups excluding carboxylic acids is 2. The summed E-state index contributed by atoms with van der Waals surface area (Å²) in [4.78, 5) is 40.5. The number of carbonyl (C=O) groups is 2. The summed E-state index contributed by atoms with van der Waals surface area (Å²) in [6.07, 6.45) is 0.578. The first-order valence-electron chi connectivity index (χ1n) is 10.3. The Labute approximate surface area is 208 Å². The minimum atomic E-state index is -0.592. The van der Waals surface area contributed by atoms with Gasteiger partial charge in [0, 0.05) is 19.0 Å². The second-order valence-corrected chi connectivity index (χ2v) is 9.25. The van der Waals surface area contributed by atoms with Gasteiger partial charge in [-0.15, -0.1) is 0 Å². The van der Waals surface area contributed by atoms with Gasteiger partial charge in [0.25, 0.3) is 11.5 Å². The number of aromatic nitrogens is 2. The zero-order chi connectivity index (χ0) is 24.8. The lowest BCUT2D eigenvalue weighted by Gasteiger charge is -2.14. The Hall–Kier alpha value is -3.04. The van der Waals surface area contributed by atoms with Gasteiger partial charge in [0.15, 0.2) is 0 Å². The highest BCUT2D eigenvalue weighted by molar-refractivity contribution is 9.10. The number of amides is 1. The number of pyridine rings is 2. The number of benzene rings is 1. The molecule has 3 rings (SSSR count). The van der Waals surface area contributed by atoms with E-state index in [1.807, 2.05) is 52.0 Å². The van der Waals surface area contributed by atoms with E-state index in [0.717, 1.165) is 15.7 Å². The number of methoxy groups -OCH3 is 1. The van der Waals surface area contributed by atoms with Crippen molar-refractivity contribution in [3.8, 4) is 0 Å². The summed E-state index contributed by atoms with van der Waals surface area (Å²) in [5, 5.41) is 3.26. The Balaban J connectivity index is 0.000000735. The molecule has 2 heterocycles. The van der Waals surface area contributed by atoms with Crippen LogP contribution in [0.4, 0.5) is 5.82 Å². The Morgan fingerprint density at radius 1 is 1.24 bits per heavy atom. The number of nitrogen functional groups attached to an aromatic ring is 1. The van der Waals surface area contributed by atoms with Crippen molar-refractivity contribution in [3.63, 3.8) is 0 Å². The van der Waals surface area contributed by atoms with Crippen LogP contribution in [-0.4, -0.2) is 34.5 Å². The van der Waals surface area contributed by atoms with Crippen LogP contribution in [-0.2, 0) is 22.6 Å². The van der Waals surface area contributed by atoms with Gasteiger partial charge in [-0.2, -0.15) is 0 Å². The molecule has 0 bridgehead atoms. The van der Waals surface area contributed by atoms with Crippen molar-refractivity contribution in [3.05, 3.63) is 67.9 Å². The molecule has 0 fully saturated rings. The molecule has 0 saturated carbocycles. The molecule has 184 valence electrons. The molecule has 3 N–H and O–H groups in total. The molecule has 1 aromatic carbocycles. The maximum atomic E-state index is 12.7. The zero-order valence-electron chi connectivity index (χ0n) is 19.4. The van der Waals surface area contributed by atoms with E-state index < -0.39 is 11.5 Å². The van der Waals surface area contributed by atoms with Crippen molar-refractivity contribution in [1.29, 1.82) is 0 Å². The maximum Gasteiger partial charge on any atom is 0.265 e. The summed E-state index contributed by atoms with van der Waals surface area (Å²) in [5.41, 5.74) is 7.46. The number of ether oxygens (including phenoxy) is 1. The van der Waals surface area contributed by atoms with Gasteiger partial charge in [0.2, 0.25) is 0 Å². The van der Waals surface area contributed by atoms with Crippen LogP contribution >= 0.6 is 15.9 Å². The van der Waals surface area contributed by atoms with Gasteiger partial charge < -0.3 is 20.6 Å². The van der Waals surface area contributed by atoms with Gasteiger partial charge in [-0.05, 0) is 61.3 Å². The third kappa shape index (κ3) is 7.78. The third-order valence-electron chi connectivity index (χ3n) is 4.73. The van der Waals surface area contributed by atoms with Crippen molar-refractivity contribution in [1.82, 2.24) is 14.9 Å². The molecule has 1 amide bonds. The van der Waals surface area contributed by atoms with Crippen LogP contribution in [0.25, 0.3) is 11.0 Å². The first-order chi connectivity index (χ1) is 15.5. The number of anilines is 1. The van der Waals surface area contributed by atoms with Crippen LogP contribution in [0, 0.1) is 6.92 Å². The number of fused-ring (bicyclic) bond motifs is 1. The molecule has 3 aromatic rings. The lowest BCUT2D eigenvalue weighted by atomic mass is 10.1. The van der Waals surface area contributed by atoms with Gasteiger partial charge in [-0.1, -0.05) is 37.3 Å². The average Bonchev–Trinajstić information content (AvgIpc) is 2.76. The Kier molecular flexibility index (Phi) is 10.6. The lowest BCUT2D eigenvalue weighted by molar-refractivity contribution is -0.108. The van der Waals surface area contributed by atoms with Crippen molar-refractivity contribution in [2.45, 2.75) is 53.8 Å². The van der Waals surface area contributed by atoms with Crippen LogP contribution in [0.1, 0.15) is 49.7 Å². The third-order valence-corrected chi connectivity index (χ3v) is 5.37. The SMILES string of the molecule is C.COC(C)(C)C.Cc1ccc(CNC(=O)c2cc3cc(Br)c(N)nc3n(CC=O)c2=O)cc1. The van der Waals surface area contributed by atoms with Crippen molar-refractivity contribution < 1.29 is 14.3 Å². The number of nitrogens with one attached hydrogen (secondary N) is 1. The molecule has 0 aliphatic rings. The van der Waals surface area contributed by atoms with E-state index in [2.05, 4.69) is 26.2 Å². The molecule has 0 radical (unpaired) electrons. The fourth-order valence-corrected chi connectivity index (χ4v) is 3.01. The fourth-order valence-electron chi connectivity index (χ4n) is 2.68. The predicted molar refractivity (Wildman–Crippen MR) is 140 cm³/mol. The summed E-state index contributed by atoms with van der Waals surface area (Å²) >= 11 is 3.28. The first kappa shape index (κ1) is 29.0. The van der Waals surface area contributed by atoms with Crippen LogP contribution in [0.5, 0.6) is 0 Å². The number of aryl methyl sites for hydroxylation is 1. The zero-order valence-corrected chi connectivity index (χ0v) is 21.0. The van der Waals surface area contributed by atoms with Crippen molar-refractivity contribution >= 4 is 45.0 Å². The normalized spacial score (nSPS) is 10.6. The topological polar surface area (TPSA) is 116 Å². The minimum absolute atomic E-state index is 0. The van der Waals surface area contributed by atoms with Crippen LogP contribution in [0.3, 0.4) is 0 Å². The summed E-state index contributed by atoms with van der Waals surface area (Å²) in [5.74, 6) is -0.326. The fraction of sp³-hybridized carbons (Fsp3) is 0.360. The lowest BCUT2D eigenvalue weighted by Crippen LogP contribution is -2.33. The van der Waals surface area contributed by atoms with E-state index in [9.17, 15) is 14.4 Å². The van der Waals surface area contributed by atoms with Crippen LogP contribution in [0.2, 0.25) is 0 Å². The summed E-state index contributed by atoms with van der Waals surface area (Å²) in [6.45, 7) is 8.11. The largest absolute Gasteiger partial charge is 0.383 e. The Morgan fingerprint density at radius 2 is 1.82 bits per heavy atom. The van der Waals surface area contributed by atoms with Crippen molar-refractivity contribution in [2.75, 3.05) is 12.8 Å². The van der Waals surface area contributed by atoms with E-state index in [1.54, 1.807) is 13.2 Å². The molecule has 0 atom stereocenters. The summed E-state index contributed by atoms with van der Waals surface area (Å²) < 4.78 is 6.62. The van der Waals surface area contributed by atoms with Crippen LogP contribution in [0.15, 0.2) is 45.7 Å². The molecule has 0 aliphatic heterocycles. The number of hydrogen-bond donors (Lipinski definition) is 2. The number of hydrogen-bond acceptors (Lipinski definition) is 6. The van der Waals surface area contributed by atoms with E-state index in [1.165, 1.54) is 6.07 Å².